The maximum absolute atomic E-state index is 13.0. The van der Waals surface area contributed by atoms with E-state index in [0.717, 1.165) is 52.0 Å². The Bertz CT molecular complexity index is 1160. The normalized spacial score (nSPS) is 18.3. The van der Waals surface area contributed by atoms with Crippen LogP contribution in [0.2, 0.25) is 0 Å². The minimum absolute atomic E-state index is 0.0407. The summed E-state index contributed by atoms with van der Waals surface area (Å²) in [5.41, 5.74) is 1.50. The number of amides is 1. The molecular weight excluding hydrogens is 446 g/mol. The van der Waals surface area contributed by atoms with E-state index in [1.54, 1.807) is 24.5 Å². The first kappa shape index (κ1) is 23.5. The Balaban J connectivity index is 1.25. The maximum atomic E-state index is 13.0. The molecule has 1 aliphatic carbocycles. The zero-order valence-electron chi connectivity index (χ0n) is 19.8. The van der Waals surface area contributed by atoms with Crippen LogP contribution in [0.4, 0.5) is 0 Å². The van der Waals surface area contributed by atoms with Crippen LogP contribution in [0.1, 0.15) is 42.5 Å². The molecule has 2 aliphatic rings. The van der Waals surface area contributed by atoms with Crippen LogP contribution in [0.3, 0.4) is 0 Å². The van der Waals surface area contributed by atoms with Crippen molar-refractivity contribution in [1.82, 2.24) is 15.2 Å². The molecule has 0 unspecified atom stereocenters. The Morgan fingerprint density at radius 2 is 1.86 bits per heavy atom. The minimum atomic E-state index is -0.563. The van der Waals surface area contributed by atoms with Crippen molar-refractivity contribution in [2.24, 2.45) is 0 Å². The molecule has 3 aromatic rings. The average Bonchev–Trinajstić information content (AvgIpc) is 3.46. The summed E-state index contributed by atoms with van der Waals surface area (Å²) < 4.78 is 16.4. The van der Waals surface area contributed by atoms with E-state index >= 15 is 0 Å². The first-order valence-electron chi connectivity index (χ1n) is 12.3. The lowest BCUT2D eigenvalue weighted by atomic mass is 9.79. The third-order valence-corrected chi connectivity index (χ3v) is 7.12. The third kappa shape index (κ3) is 5.23. The molecule has 1 saturated carbocycles. The van der Waals surface area contributed by atoms with E-state index in [1.807, 2.05) is 24.3 Å². The van der Waals surface area contributed by atoms with Gasteiger partial charge in [-0.1, -0.05) is 37.5 Å². The van der Waals surface area contributed by atoms with Crippen LogP contribution in [-0.4, -0.2) is 66.8 Å². The number of carbonyl (C=O) groups is 2. The highest BCUT2D eigenvalue weighted by Gasteiger charge is 2.38. The fourth-order valence-electron chi connectivity index (χ4n) is 5.27. The van der Waals surface area contributed by atoms with Crippen LogP contribution in [-0.2, 0) is 14.3 Å². The van der Waals surface area contributed by atoms with Gasteiger partial charge in [-0.15, -0.1) is 0 Å². The van der Waals surface area contributed by atoms with Crippen molar-refractivity contribution in [3.8, 4) is 11.5 Å². The summed E-state index contributed by atoms with van der Waals surface area (Å²) >= 11 is 0. The molecule has 1 amide bonds. The predicted molar refractivity (Wildman–Crippen MR) is 131 cm³/mol. The average molecular weight is 478 g/mol. The Kier molecular flexibility index (Phi) is 7.11. The number of hydrogen-bond donors (Lipinski definition) is 1. The molecule has 1 aliphatic heterocycles. The fraction of sp³-hybridized carbons (Fsp3) is 0.444. The standard InChI is InChI=1S/C27H31N3O5/c31-25(28-19-27(10-4-1-5-11-27)30-12-15-33-16-13-30)18-35-26(32)21-17-23(24-9-6-14-34-24)29-22-8-3-2-7-20(21)22/h2-3,6-9,14,17H,1,4-5,10-13,15-16,18-19H2,(H,28,31). The minimum Gasteiger partial charge on any atom is -0.463 e. The van der Waals surface area contributed by atoms with E-state index in [4.69, 9.17) is 13.9 Å². The van der Waals surface area contributed by atoms with Crippen molar-refractivity contribution in [2.75, 3.05) is 39.5 Å². The molecule has 0 atom stereocenters. The van der Waals surface area contributed by atoms with Gasteiger partial charge in [-0.3, -0.25) is 9.69 Å². The van der Waals surface area contributed by atoms with Gasteiger partial charge in [0.15, 0.2) is 12.4 Å². The number of morpholine rings is 1. The number of furan rings is 1. The number of benzene rings is 1. The van der Waals surface area contributed by atoms with E-state index in [2.05, 4.69) is 15.2 Å². The van der Waals surface area contributed by atoms with Crippen molar-refractivity contribution in [3.05, 3.63) is 54.3 Å². The van der Waals surface area contributed by atoms with Crippen LogP contribution >= 0.6 is 0 Å². The van der Waals surface area contributed by atoms with E-state index in [9.17, 15) is 9.59 Å². The fourth-order valence-corrected chi connectivity index (χ4v) is 5.27. The van der Waals surface area contributed by atoms with Gasteiger partial charge in [0.2, 0.25) is 0 Å². The molecule has 8 heteroatoms. The molecule has 0 bridgehead atoms. The van der Waals surface area contributed by atoms with Crippen molar-refractivity contribution in [3.63, 3.8) is 0 Å². The van der Waals surface area contributed by atoms with Crippen molar-refractivity contribution < 1.29 is 23.5 Å². The van der Waals surface area contributed by atoms with Gasteiger partial charge in [0.25, 0.3) is 5.91 Å². The number of aromatic nitrogens is 1. The lowest BCUT2D eigenvalue weighted by Crippen LogP contribution is -2.59. The zero-order valence-corrected chi connectivity index (χ0v) is 19.8. The number of hydrogen-bond acceptors (Lipinski definition) is 7. The van der Waals surface area contributed by atoms with E-state index in [-0.39, 0.29) is 18.1 Å². The smallest absolute Gasteiger partial charge is 0.339 e. The van der Waals surface area contributed by atoms with Crippen LogP contribution < -0.4 is 5.32 Å². The monoisotopic (exact) mass is 477 g/mol. The van der Waals surface area contributed by atoms with Crippen LogP contribution in [0.15, 0.2) is 53.1 Å². The Morgan fingerprint density at radius 3 is 2.63 bits per heavy atom. The lowest BCUT2D eigenvalue weighted by Gasteiger charge is -2.48. The molecule has 0 radical (unpaired) electrons. The molecular formula is C27H31N3O5. The quantitative estimate of drug-likeness (QED) is 0.517. The van der Waals surface area contributed by atoms with Gasteiger partial charge >= 0.3 is 5.97 Å². The number of ether oxygens (including phenoxy) is 2. The Morgan fingerprint density at radius 1 is 1.06 bits per heavy atom. The van der Waals surface area contributed by atoms with Crippen molar-refractivity contribution in [1.29, 1.82) is 0 Å². The largest absolute Gasteiger partial charge is 0.463 e. The SMILES string of the molecule is O=C(COC(=O)c1cc(-c2ccco2)nc2ccccc12)NCC1(N2CCOCC2)CCCCC1. The number of pyridine rings is 1. The van der Waals surface area contributed by atoms with Crippen molar-refractivity contribution in [2.45, 2.75) is 37.6 Å². The predicted octanol–water partition coefficient (Wildman–Crippen LogP) is 3.80. The number of nitrogens with one attached hydrogen (secondary N) is 1. The summed E-state index contributed by atoms with van der Waals surface area (Å²) in [7, 11) is 0. The number of nitrogens with zero attached hydrogens (tertiary/aromatic N) is 2. The highest BCUT2D eigenvalue weighted by molar-refractivity contribution is 6.05. The first-order valence-corrected chi connectivity index (χ1v) is 12.3. The summed E-state index contributed by atoms with van der Waals surface area (Å²) in [6.45, 7) is 3.46. The molecule has 1 saturated heterocycles. The molecule has 184 valence electrons. The van der Waals surface area contributed by atoms with Crippen LogP contribution in [0, 0.1) is 0 Å². The highest BCUT2D eigenvalue weighted by Crippen LogP contribution is 2.34. The Hall–Kier alpha value is -3.23. The highest BCUT2D eigenvalue weighted by atomic mass is 16.5. The van der Waals surface area contributed by atoms with Crippen LogP contribution in [0.5, 0.6) is 0 Å². The molecule has 1 N–H and O–H groups in total. The zero-order chi connectivity index (χ0) is 24.1. The van der Waals surface area contributed by atoms with E-state index < -0.39 is 5.97 Å². The molecule has 0 spiro atoms. The summed E-state index contributed by atoms with van der Waals surface area (Å²) in [5.74, 6) is -0.295. The number of esters is 1. The van der Waals surface area contributed by atoms with Crippen molar-refractivity contribution >= 4 is 22.8 Å². The summed E-state index contributed by atoms with van der Waals surface area (Å²) in [4.78, 5) is 32.8. The number of carbonyl (C=O) groups excluding carboxylic acids is 2. The van der Waals surface area contributed by atoms with E-state index in [1.165, 1.54) is 6.42 Å². The van der Waals surface area contributed by atoms with Gasteiger partial charge in [0.05, 0.1) is 30.6 Å². The summed E-state index contributed by atoms with van der Waals surface area (Å²) in [6.07, 6.45) is 7.24. The second kappa shape index (κ2) is 10.6. The maximum Gasteiger partial charge on any atom is 0.339 e. The van der Waals surface area contributed by atoms with Gasteiger partial charge in [-0.05, 0) is 37.1 Å². The summed E-state index contributed by atoms with van der Waals surface area (Å²) in [5, 5.41) is 3.71. The van der Waals surface area contributed by atoms with Gasteiger partial charge in [-0.2, -0.15) is 0 Å². The van der Waals surface area contributed by atoms with E-state index in [0.29, 0.717) is 34.5 Å². The van der Waals surface area contributed by atoms with Gasteiger partial charge in [-0.25, -0.2) is 9.78 Å². The molecule has 3 heterocycles. The number of fused-ring (bicyclic) bond motifs is 1. The molecule has 2 fully saturated rings. The molecule has 1 aromatic carbocycles. The van der Waals surface area contributed by atoms with Gasteiger partial charge in [0, 0.05) is 30.6 Å². The second-order valence-corrected chi connectivity index (χ2v) is 9.29. The second-order valence-electron chi connectivity index (χ2n) is 9.29. The van der Waals surface area contributed by atoms with Gasteiger partial charge in [0.1, 0.15) is 5.69 Å². The molecule has 2 aromatic heterocycles. The van der Waals surface area contributed by atoms with Gasteiger partial charge < -0.3 is 19.2 Å². The first-order chi connectivity index (χ1) is 17.1. The Labute approximate surface area is 204 Å². The van der Waals surface area contributed by atoms with Crippen LogP contribution in [0.25, 0.3) is 22.4 Å². The lowest BCUT2D eigenvalue weighted by molar-refractivity contribution is -0.125. The molecule has 35 heavy (non-hydrogen) atoms. The molecule has 8 nitrogen and oxygen atoms in total. The number of para-hydroxylation sites is 1. The topological polar surface area (TPSA) is 93.9 Å². The number of rotatable bonds is 7. The summed E-state index contributed by atoms with van der Waals surface area (Å²) in [6, 6.07) is 12.6. The molecule has 5 rings (SSSR count). The third-order valence-electron chi connectivity index (χ3n) is 7.12.